The molecule has 4 nitrogen and oxygen atoms in total. The number of nitrogens with zero attached hydrogens (tertiary/aromatic N) is 3. The van der Waals surface area contributed by atoms with E-state index in [1.165, 1.54) is 12.3 Å². The van der Waals surface area contributed by atoms with Crippen LogP contribution in [0.3, 0.4) is 0 Å². The van der Waals surface area contributed by atoms with Crippen LogP contribution in [0.5, 0.6) is 5.75 Å². The van der Waals surface area contributed by atoms with Gasteiger partial charge < -0.3 is 9.64 Å². The van der Waals surface area contributed by atoms with Crippen molar-refractivity contribution in [3.05, 3.63) is 36.3 Å². The Morgan fingerprint density at radius 2 is 2.39 bits per heavy atom. The van der Waals surface area contributed by atoms with E-state index >= 15 is 0 Å². The van der Waals surface area contributed by atoms with Gasteiger partial charge in [0.1, 0.15) is 23.9 Å². The van der Waals surface area contributed by atoms with Crippen molar-refractivity contribution in [2.45, 2.75) is 6.43 Å². The molecular weight excluding hydrogens is 240 g/mol. The lowest BCUT2D eigenvalue weighted by atomic mass is 10.2. The fourth-order valence-electron chi connectivity index (χ4n) is 1.81. The maximum atomic E-state index is 12.7. The van der Waals surface area contributed by atoms with E-state index in [4.69, 9.17) is 4.74 Å². The van der Waals surface area contributed by atoms with Gasteiger partial charge in [0.15, 0.2) is 0 Å². The Bertz CT molecular complexity index is 488. The highest BCUT2D eigenvalue weighted by Crippen LogP contribution is 2.27. The number of fused-ring (bicyclic) bond motifs is 1. The maximum Gasteiger partial charge on any atom is 0.280 e. The molecule has 0 amide bonds. The zero-order valence-corrected chi connectivity index (χ0v) is 9.94. The molecule has 0 fully saturated rings. The number of halogens is 2. The van der Waals surface area contributed by atoms with Crippen LogP contribution in [-0.2, 0) is 0 Å². The quantitative estimate of drug-likeness (QED) is 0.811. The molecule has 0 N–H and O–H groups in total. The zero-order valence-electron chi connectivity index (χ0n) is 9.94. The predicted octanol–water partition coefficient (Wildman–Crippen LogP) is 2.23. The second-order valence-electron chi connectivity index (χ2n) is 3.68. The van der Waals surface area contributed by atoms with Gasteiger partial charge in [0.25, 0.3) is 6.43 Å². The molecule has 18 heavy (non-hydrogen) atoms. The van der Waals surface area contributed by atoms with Crippen LogP contribution in [0.15, 0.2) is 30.0 Å². The van der Waals surface area contributed by atoms with Crippen molar-refractivity contribution in [1.82, 2.24) is 9.88 Å². The largest absolute Gasteiger partial charge is 0.489 e. The van der Waals surface area contributed by atoms with Crippen molar-refractivity contribution in [1.29, 1.82) is 0 Å². The Kier molecular flexibility index (Phi) is 3.55. The SMILES string of the molecule is C=CN1CCOc2cnc(C(F)F)cc2C1=NC. The molecule has 0 saturated carbocycles. The van der Waals surface area contributed by atoms with E-state index in [1.54, 1.807) is 18.1 Å². The number of amidine groups is 1. The molecule has 1 aliphatic rings. The summed E-state index contributed by atoms with van der Waals surface area (Å²) in [5.41, 5.74) is 0.226. The fourth-order valence-corrected chi connectivity index (χ4v) is 1.81. The Morgan fingerprint density at radius 1 is 1.61 bits per heavy atom. The first kappa shape index (κ1) is 12.5. The van der Waals surface area contributed by atoms with E-state index in [0.29, 0.717) is 30.3 Å². The van der Waals surface area contributed by atoms with Crippen LogP contribution in [0.25, 0.3) is 0 Å². The molecule has 0 spiro atoms. The average molecular weight is 253 g/mol. The van der Waals surface area contributed by atoms with Crippen molar-refractivity contribution in [2.75, 3.05) is 20.2 Å². The molecule has 2 rings (SSSR count). The molecule has 0 saturated heterocycles. The molecule has 0 radical (unpaired) electrons. The van der Waals surface area contributed by atoms with Gasteiger partial charge in [-0.2, -0.15) is 0 Å². The summed E-state index contributed by atoms with van der Waals surface area (Å²) in [7, 11) is 1.60. The summed E-state index contributed by atoms with van der Waals surface area (Å²) < 4.78 is 30.8. The Labute approximate surface area is 104 Å². The average Bonchev–Trinajstić information content (AvgIpc) is 2.55. The van der Waals surface area contributed by atoms with Crippen LogP contribution in [0.1, 0.15) is 17.7 Å². The number of rotatable bonds is 2. The Hall–Kier alpha value is -1.98. The molecule has 6 heteroatoms. The maximum absolute atomic E-state index is 12.7. The molecule has 0 aromatic carbocycles. The number of hydrogen-bond acceptors (Lipinski definition) is 3. The number of aliphatic imine (C=N–C) groups is 1. The summed E-state index contributed by atoms with van der Waals surface area (Å²) >= 11 is 0. The van der Waals surface area contributed by atoms with Gasteiger partial charge in [0.2, 0.25) is 0 Å². The van der Waals surface area contributed by atoms with Crippen molar-refractivity contribution >= 4 is 5.84 Å². The van der Waals surface area contributed by atoms with Crippen molar-refractivity contribution in [3.8, 4) is 5.75 Å². The van der Waals surface area contributed by atoms with E-state index in [9.17, 15) is 8.78 Å². The Morgan fingerprint density at radius 3 is 3.00 bits per heavy atom. The number of pyridine rings is 1. The van der Waals surface area contributed by atoms with E-state index in [2.05, 4.69) is 16.6 Å². The van der Waals surface area contributed by atoms with Crippen LogP contribution in [0.2, 0.25) is 0 Å². The molecule has 1 aromatic heterocycles. The number of hydrogen-bond donors (Lipinski definition) is 0. The molecule has 0 unspecified atom stereocenters. The predicted molar refractivity (Wildman–Crippen MR) is 64.1 cm³/mol. The van der Waals surface area contributed by atoms with Gasteiger partial charge in [-0.05, 0) is 12.3 Å². The van der Waals surface area contributed by atoms with Crippen LogP contribution in [0.4, 0.5) is 8.78 Å². The summed E-state index contributed by atoms with van der Waals surface area (Å²) in [5, 5.41) is 0. The van der Waals surface area contributed by atoms with E-state index in [-0.39, 0.29) is 5.69 Å². The van der Waals surface area contributed by atoms with Crippen molar-refractivity contribution in [3.63, 3.8) is 0 Å². The third-order valence-corrected chi connectivity index (χ3v) is 2.65. The van der Waals surface area contributed by atoms with E-state index in [0.717, 1.165) is 0 Å². The molecule has 0 bridgehead atoms. The molecule has 0 atom stereocenters. The first-order valence-electron chi connectivity index (χ1n) is 5.44. The summed E-state index contributed by atoms with van der Waals surface area (Å²) in [6.45, 7) is 4.67. The van der Waals surface area contributed by atoms with Crippen LogP contribution in [0, 0.1) is 0 Å². The van der Waals surface area contributed by atoms with E-state index < -0.39 is 6.43 Å². The van der Waals surface area contributed by atoms with Gasteiger partial charge in [-0.1, -0.05) is 6.58 Å². The normalized spacial score (nSPS) is 17.3. The summed E-state index contributed by atoms with van der Waals surface area (Å²) in [6, 6.07) is 1.31. The molecule has 96 valence electrons. The Balaban J connectivity index is 2.53. The van der Waals surface area contributed by atoms with Gasteiger partial charge in [-0.25, -0.2) is 8.78 Å². The number of alkyl halides is 2. The van der Waals surface area contributed by atoms with Crippen LogP contribution in [-0.4, -0.2) is 35.9 Å². The summed E-state index contributed by atoms with van der Waals surface area (Å²) in [5.74, 6) is 1.02. The lowest BCUT2D eigenvalue weighted by Crippen LogP contribution is -2.27. The standard InChI is InChI=1S/C12H13F2N3O/c1-3-17-4-5-18-10-7-16-9(11(13)14)6-8(10)12(17)15-2/h3,6-7,11H,1,4-5H2,2H3. The van der Waals surface area contributed by atoms with Gasteiger partial charge >= 0.3 is 0 Å². The molecular formula is C12H13F2N3O. The highest BCUT2D eigenvalue weighted by atomic mass is 19.3. The van der Waals surface area contributed by atoms with Gasteiger partial charge in [0.05, 0.1) is 18.3 Å². The van der Waals surface area contributed by atoms with Crippen molar-refractivity contribution < 1.29 is 13.5 Å². The first-order valence-corrected chi connectivity index (χ1v) is 5.44. The molecule has 0 aliphatic carbocycles. The van der Waals surface area contributed by atoms with Crippen molar-refractivity contribution in [2.24, 2.45) is 4.99 Å². The third-order valence-electron chi connectivity index (χ3n) is 2.65. The highest BCUT2D eigenvalue weighted by Gasteiger charge is 2.22. The lowest BCUT2D eigenvalue weighted by Gasteiger charge is -2.18. The smallest absolute Gasteiger partial charge is 0.280 e. The van der Waals surface area contributed by atoms with Crippen LogP contribution >= 0.6 is 0 Å². The molecule has 1 aliphatic heterocycles. The summed E-state index contributed by atoms with van der Waals surface area (Å²) in [6.07, 6.45) is 0.298. The second-order valence-corrected chi connectivity index (χ2v) is 3.68. The minimum absolute atomic E-state index is 0.288. The van der Waals surface area contributed by atoms with Gasteiger partial charge in [-0.3, -0.25) is 9.98 Å². The second kappa shape index (κ2) is 5.12. The number of aromatic nitrogens is 1. The monoisotopic (exact) mass is 253 g/mol. The zero-order chi connectivity index (χ0) is 13.1. The highest BCUT2D eigenvalue weighted by molar-refractivity contribution is 6.02. The van der Waals surface area contributed by atoms with Gasteiger partial charge in [0, 0.05) is 7.05 Å². The van der Waals surface area contributed by atoms with E-state index in [1.807, 2.05) is 0 Å². The third kappa shape index (κ3) is 2.18. The lowest BCUT2D eigenvalue weighted by molar-refractivity contribution is 0.146. The summed E-state index contributed by atoms with van der Waals surface area (Å²) in [4.78, 5) is 9.56. The molecule has 2 heterocycles. The number of ether oxygens (including phenoxy) is 1. The van der Waals surface area contributed by atoms with Crippen LogP contribution < -0.4 is 4.74 Å². The first-order chi connectivity index (χ1) is 8.67. The fraction of sp³-hybridized carbons (Fsp3) is 0.333. The minimum Gasteiger partial charge on any atom is -0.489 e. The topological polar surface area (TPSA) is 37.7 Å². The minimum atomic E-state index is -2.62. The molecule has 1 aromatic rings. The van der Waals surface area contributed by atoms with Gasteiger partial charge in [-0.15, -0.1) is 0 Å².